The molecule has 0 aliphatic carbocycles. The third-order valence-corrected chi connectivity index (χ3v) is 5.94. The minimum absolute atomic E-state index is 0.0553. The highest BCUT2D eigenvalue weighted by molar-refractivity contribution is 9.10. The first-order valence-electron chi connectivity index (χ1n) is 9.35. The lowest BCUT2D eigenvalue weighted by atomic mass is 10.2. The van der Waals surface area contributed by atoms with Gasteiger partial charge in [-0.05, 0) is 42.8 Å². The monoisotopic (exact) mass is 486 g/mol. The van der Waals surface area contributed by atoms with E-state index in [1.54, 1.807) is 17.7 Å². The molecule has 2 aromatic carbocycles. The largest absolute Gasteiger partial charge is 0.385 e. The zero-order valence-corrected chi connectivity index (χ0v) is 18.6. The van der Waals surface area contributed by atoms with Crippen LogP contribution in [0, 0.1) is 0 Å². The zero-order valence-electron chi connectivity index (χ0n) is 16.2. The van der Waals surface area contributed by atoms with Crippen molar-refractivity contribution in [3.8, 4) is 11.4 Å². The number of hydrogen-bond donors (Lipinski definition) is 0. The molecule has 0 atom stereocenters. The van der Waals surface area contributed by atoms with Crippen LogP contribution in [0.25, 0.3) is 22.3 Å². The van der Waals surface area contributed by atoms with Gasteiger partial charge in [-0.15, -0.1) is 0 Å². The highest BCUT2D eigenvalue weighted by atomic mass is 79.9. The van der Waals surface area contributed by atoms with Gasteiger partial charge in [0.15, 0.2) is 5.16 Å². The van der Waals surface area contributed by atoms with Gasteiger partial charge in [0.25, 0.3) is 5.56 Å². The first-order valence-corrected chi connectivity index (χ1v) is 11.1. The molecule has 0 saturated heterocycles. The Morgan fingerprint density at radius 3 is 2.73 bits per heavy atom. The molecule has 0 aliphatic heterocycles. The third kappa shape index (κ3) is 4.63. The maximum atomic E-state index is 13.0. The van der Waals surface area contributed by atoms with E-state index in [-0.39, 0.29) is 5.56 Å². The summed E-state index contributed by atoms with van der Waals surface area (Å²) in [6, 6.07) is 15.1. The van der Waals surface area contributed by atoms with Crippen LogP contribution in [0.1, 0.15) is 12.3 Å². The Bertz CT molecular complexity index is 1210. The van der Waals surface area contributed by atoms with Gasteiger partial charge in [-0.2, -0.15) is 4.98 Å². The predicted octanol–water partition coefficient (Wildman–Crippen LogP) is 4.54. The topological polar surface area (TPSA) is 83.0 Å². The molecule has 4 aromatic rings. The average molecular weight is 487 g/mol. The first kappa shape index (κ1) is 20.8. The van der Waals surface area contributed by atoms with Gasteiger partial charge in [0, 0.05) is 30.3 Å². The number of nitrogens with zero attached hydrogens (tertiary/aromatic N) is 4. The van der Waals surface area contributed by atoms with Crippen molar-refractivity contribution in [3.63, 3.8) is 0 Å². The fourth-order valence-electron chi connectivity index (χ4n) is 2.98. The molecule has 0 saturated carbocycles. The molecule has 0 N–H and O–H groups in total. The number of fused-ring (bicyclic) bond motifs is 1. The van der Waals surface area contributed by atoms with Crippen molar-refractivity contribution in [2.75, 3.05) is 13.7 Å². The summed E-state index contributed by atoms with van der Waals surface area (Å²) in [6.45, 7) is 1.10. The van der Waals surface area contributed by atoms with Crippen molar-refractivity contribution in [1.29, 1.82) is 0 Å². The van der Waals surface area contributed by atoms with Crippen LogP contribution in [0.4, 0.5) is 0 Å². The Labute approximate surface area is 185 Å². The molecule has 9 heteroatoms. The number of benzene rings is 2. The van der Waals surface area contributed by atoms with Crippen LogP contribution in [-0.2, 0) is 17.0 Å². The Morgan fingerprint density at radius 2 is 1.93 bits per heavy atom. The molecule has 154 valence electrons. The molecule has 2 heterocycles. The lowest BCUT2D eigenvalue weighted by molar-refractivity contribution is 0.189. The molecule has 4 rings (SSSR count). The summed E-state index contributed by atoms with van der Waals surface area (Å²) in [4.78, 5) is 22.1. The smallest absolute Gasteiger partial charge is 0.262 e. The highest BCUT2D eigenvalue weighted by Gasteiger charge is 2.14. The molecule has 0 fully saturated rings. The number of rotatable bonds is 8. The molecule has 0 radical (unpaired) electrons. The SMILES string of the molecule is COCCCn1c(SCc2nc(-c3ccc(Br)cc3)no2)nc2ccccc2c1=O. The molecule has 7 nitrogen and oxygen atoms in total. The lowest BCUT2D eigenvalue weighted by Gasteiger charge is -2.12. The quantitative estimate of drug-likeness (QED) is 0.205. The summed E-state index contributed by atoms with van der Waals surface area (Å²) in [6.07, 6.45) is 0.720. The summed E-state index contributed by atoms with van der Waals surface area (Å²) in [7, 11) is 1.65. The number of hydrogen-bond acceptors (Lipinski definition) is 7. The second kappa shape index (κ2) is 9.55. The zero-order chi connectivity index (χ0) is 20.9. The van der Waals surface area contributed by atoms with Crippen molar-refractivity contribution >= 4 is 38.6 Å². The average Bonchev–Trinajstić information content (AvgIpc) is 3.24. The number of aromatic nitrogens is 4. The van der Waals surface area contributed by atoms with Gasteiger partial charge in [-0.3, -0.25) is 9.36 Å². The van der Waals surface area contributed by atoms with Gasteiger partial charge in [-0.1, -0.05) is 45.0 Å². The van der Waals surface area contributed by atoms with E-state index < -0.39 is 0 Å². The van der Waals surface area contributed by atoms with Crippen LogP contribution in [0.5, 0.6) is 0 Å². The number of halogens is 1. The van der Waals surface area contributed by atoms with E-state index in [0.29, 0.717) is 46.7 Å². The lowest BCUT2D eigenvalue weighted by Crippen LogP contribution is -2.24. The van der Waals surface area contributed by atoms with Crippen LogP contribution in [0.3, 0.4) is 0 Å². The van der Waals surface area contributed by atoms with Gasteiger partial charge in [0.1, 0.15) is 0 Å². The van der Waals surface area contributed by atoms with Crippen LogP contribution in [0.2, 0.25) is 0 Å². The van der Waals surface area contributed by atoms with Crippen molar-refractivity contribution in [1.82, 2.24) is 19.7 Å². The van der Waals surface area contributed by atoms with Crippen molar-refractivity contribution in [2.24, 2.45) is 0 Å². The van der Waals surface area contributed by atoms with Gasteiger partial charge in [-0.25, -0.2) is 4.98 Å². The minimum atomic E-state index is -0.0553. The number of para-hydroxylation sites is 1. The van der Waals surface area contributed by atoms with Gasteiger partial charge >= 0.3 is 0 Å². The fourth-order valence-corrected chi connectivity index (χ4v) is 4.11. The molecule has 2 aromatic heterocycles. The molecule has 0 spiro atoms. The predicted molar refractivity (Wildman–Crippen MR) is 119 cm³/mol. The maximum absolute atomic E-state index is 13.0. The fraction of sp³-hybridized carbons (Fsp3) is 0.238. The second-order valence-electron chi connectivity index (χ2n) is 6.52. The Hall–Kier alpha value is -2.49. The molecular weight excluding hydrogens is 468 g/mol. The van der Waals surface area contributed by atoms with E-state index in [2.05, 4.69) is 26.1 Å². The number of methoxy groups -OCH3 is 1. The summed E-state index contributed by atoms with van der Waals surface area (Å²) >= 11 is 4.82. The molecule has 30 heavy (non-hydrogen) atoms. The Balaban J connectivity index is 1.58. The van der Waals surface area contributed by atoms with E-state index >= 15 is 0 Å². The maximum Gasteiger partial charge on any atom is 0.262 e. The molecule has 0 bridgehead atoms. The summed E-state index contributed by atoms with van der Waals surface area (Å²) in [5.41, 5.74) is 1.49. The van der Waals surface area contributed by atoms with Gasteiger partial charge in [0.2, 0.25) is 11.7 Å². The number of ether oxygens (including phenoxy) is 1. The van der Waals surface area contributed by atoms with E-state index in [1.807, 2.05) is 42.5 Å². The van der Waals surface area contributed by atoms with Crippen molar-refractivity contribution < 1.29 is 9.26 Å². The second-order valence-corrected chi connectivity index (χ2v) is 8.38. The van der Waals surface area contributed by atoms with Crippen molar-refractivity contribution in [2.45, 2.75) is 23.9 Å². The summed E-state index contributed by atoms with van der Waals surface area (Å²) in [5, 5.41) is 5.29. The Kier molecular flexibility index (Phi) is 6.61. The Morgan fingerprint density at radius 1 is 1.13 bits per heavy atom. The van der Waals surface area contributed by atoms with Gasteiger partial charge in [0.05, 0.1) is 16.7 Å². The van der Waals surface area contributed by atoms with E-state index in [4.69, 9.17) is 14.2 Å². The van der Waals surface area contributed by atoms with Crippen LogP contribution in [-0.4, -0.2) is 33.4 Å². The van der Waals surface area contributed by atoms with Crippen molar-refractivity contribution in [3.05, 3.63) is 69.2 Å². The molecular formula is C21H19BrN4O3S. The number of thioether (sulfide) groups is 1. The van der Waals surface area contributed by atoms with Crippen LogP contribution >= 0.6 is 27.7 Å². The van der Waals surface area contributed by atoms with Crippen LogP contribution in [0.15, 0.2) is 67.5 Å². The molecule has 0 unspecified atom stereocenters. The standard InChI is InChI=1S/C21H19BrN4O3S/c1-28-12-4-11-26-20(27)16-5-2-3-6-17(16)23-21(26)30-13-18-24-19(25-29-18)14-7-9-15(22)10-8-14/h2-3,5-10H,4,11-13H2,1H3. The van der Waals surface area contributed by atoms with E-state index in [1.165, 1.54) is 11.8 Å². The summed E-state index contributed by atoms with van der Waals surface area (Å²) < 4.78 is 13.2. The van der Waals surface area contributed by atoms with Crippen LogP contribution < -0.4 is 5.56 Å². The van der Waals surface area contributed by atoms with E-state index in [0.717, 1.165) is 16.5 Å². The first-order chi connectivity index (χ1) is 14.7. The van der Waals surface area contributed by atoms with Gasteiger partial charge < -0.3 is 9.26 Å². The van der Waals surface area contributed by atoms with E-state index in [9.17, 15) is 4.79 Å². The molecule has 0 aliphatic rings. The highest BCUT2D eigenvalue weighted by Crippen LogP contribution is 2.24. The molecule has 0 amide bonds. The summed E-state index contributed by atoms with van der Waals surface area (Å²) in [5.74, 6) is 1.42. The normalized spacial score (nSPS) is 11.3. The third-order valence-electron chi connectivity index (χ3n) is 4.45. The minimum Gasteiger partial charge on any atom is -0.385 e.